The van der Waals surface area contributed by atoms with Gasteiger partial charge in [-0.25, -0.2) is 4.98 Å². The zero-order chi connectivity index (χ0) is 13.0. The standard InChI is InChI=1S/C13H15ClN4/c1-2-18(9-10-3-5-16-6-4-10)13-12(15)7-11(14)8-17-13/h3-8H,2,9,15H2,1H3. The topological polar surface area (TPSA) is 55.0 Å². The molecule has 0 saturated carbocycles. The van der Waals surface area contributed by atoms with E-state index in [-0.39, 0.29) is 0 Å². The Labute approximate surface area is 111 Å². The lowest BCUT2D eigenvalue weighted by molar-refractivity contribution is 0.814. The molecule has 0 bridgehead atoms. The van der Waals surface area contributed by atoms with Crippen LogP contribution in [0.4, 0.5) is 11.5 Å². The van der Waals surface area contributed by atoms with E-state index in [2.05, 4.69) is 21.8 Å². The summed E-state index contributed by atoms with van der Waals surface area (Å²) in [4.78, 5) is 10.4. The number of pyridine rings is 2. The second-order valence-electron chi connectivity index (χ2n) is 3.94. The molecule has 0 unspecified atom stereocenters. The minimum Gasteiger partial charge on any atom is -0.396 e. The summed E-state index contributed by atoms with van der Waals surface area (Å²) in [5.41, 5.74) is 7.72. The smallest absolute Gasteiger partial charge is 0.152 e. The average Bonchev–Trinajstić information content (AvgIpc) is 2.38. The first kappa shape index (κ1) is 12.6. The van der Waals surface area contributed by atoms with Gasteiger partial charge in [-0.15, -0.1) is 0 Å². The van der Waals surface area contributed by atoms with Gasteiger partial charge in [-0.05, 0) is 30.7 Å². The van der Waals surface area contributed by atoms with Gasteiger partial charge in [0.15, 0.2) is 5.82 Å². The molecule has 0 radical (unpaired) electrons. The summed E-state index contributed by atoms with van der Waals surface area (Å²) >= 11 is 5.86. The maximum Gasteiger partial charge on any atom is 0.152 e. The fraction of sp³-hybridized carbons (Fsp3) is 0.231. The summed E-state index contributed by atoms with van der Waals surface area (Å²) < 4.78 is 0. The number of nitrogen functional groups attached to an aromatic ring is 1. The van der Waals surface area contributed by atoms with Gasteiger partial charge < -0.3 is 10.6 Å². The highest BCUT2D eigenvalue weighted by atomic mass is 35.5. The molecule has 0 aromatic carbocycles. The Balaban J connectivity index is 2.23. The number of hydrogen-bond donors (Lipinski definition) is 1. The van der Waals surface area contributed by atoms with Crippen LogP contribution in [0.5, 0.6) is 0 Å². The third-order valence-electron chi connectivity index (χ3n) is 2.67. The molecule has 2 aromatic heterocycles. The third kappa shape index (κ3) is 2.90. The molecule has 0 saturated heterocycles. The zero-order valence-electron chi connectivity index (χ0n) is 10.2. The van der Waals surface area contributed by atoms with Crippen LogP contribution in [-0.4, -0.2) is 16.5 Å². The van der Waals surface area contributed by atoms with E-state index in [1.807, 2.05) is 12.1 Å². The van der Waals surface area contributed by atoms with Crippen molar-refractivity contribution in [2.24, 2.45) is 0 Å². The Kier molecular flexibility index (Phi) is 3.99. The predicted molar refractivity (Wildman–Crippen MR) is 74.6 cm³/mol. The van der Waals surface area contributed by atoms with Crippen molar-refractivity contribution >= 4 is 23.1 Å². The van der Waals surface area contributed by atoms with E-state index in [1.54, 1.807) is 24.7 Å². The number of nitrogens with two attached hydrogens (primary N) is 1. The SMILES string of the molecule is CCN(Cc1ccncc1)c1ncc(Cl)cc1N. The van der Waals surface area contributed by atoms with E-state index in [9.17, 15) is 0 Å². The molecule has 2 rings (SSSR count). The van der Waals surface area contributed by atoms with Gasteiger partial charge in [0.2, 0.25) is 0 Å². The number of hydrogen-bond acceptors (Lipinski definition) is 4. The Morgan fingerprint density at radius 1 is 1.33 bits per heavy atom. The van der Waals surface area contributed by atoms with Crippen molar-refractivity contribution in [3.63, 3.8) is 0 Å². The molecule has 0 aliphatic heterocycles. The van der Waals surface area contributed by atoms with Crippen molar-refractivity contribution in [1.82, 2.24) is 9.97 Å². The molecule has 94 valence electrons. The van der Waals surface area contributed by atoms with E-state index in [0.717, 1.165) is 18.9 Å². The van der Waals surface area contributed by atoms with Crippen LogP contribution in [-0.2, 0) is 6.54 Å². The fourth-order valence-corrected chi connectivity index (χ4v) is 1.92. The largest absolute Gasteiger partial charge is 0.396 e. The highest BCUT2D eigenvalue weighted by molar-refractivity contribution is 6.30. The monoisotopic (exact) mass is 262 g/mol. The van der Waals surface area contributed by atoms with Crippen molar-refractivity contribution in [1.29, 1.82) is 0 Å². The number of halogens is 1. The van der Waals surface area contributed by atoms with Crippen molar-refractivity contribution < 1.29 is 0 Å². The summed E-state index contributed by atoms with van der Waals surface area (Å²) in [5.74, 6) is 0.763. The Morgan fingerprint density at radius 2 is 2.06 bits per heavy atom. The average molecular weight is 263 g/mol. The quantitative estimate of drug-likeness (QED) is 0.921. The summed E-state index contributed by atoms with van der Waals surface area (Å²) in [7, 11) is 0. The van der Waals surface area contributed by atoms with E-state index in [0.29, 0.717) is 10.7 Å². The lowest BCUT2D eigenvalue weighted by Gasteiger charge is -2.23. The molecule has 0 amide bonds. The van der Waals surface area contributed by atoms with E-state index in [4.69, 9.17) is 17.3 Å². The van der Waals surface area contributed by atoms with Crippen LogP contribution in [0.3, 0.4) is 0 Å². The third-order valence-corrected chi connectivity index (χ3v) is 2.87. The lowest BCUT2D eigenvalue weighted by Crippen LogP contribution is -2.24. The minimum atomic E-state index is 0.552. The number of anilines is 2. The van der Waals surface area contributed by atoms with Crippen LogP contribution in [0.2, 0.25) is 5.02 Å². The van der Waals surface area contributed by atoms with Crippen LogP contribution in [0.15, 0.2) is 36.8 Å². The lowest BCUT2D eigenvalue weighted by atomic mass is 10.2. The molecule has 18 heavy (non-hydrogen) atoms. The van der Waals surface area contributed by atoms with Gasteiger partial charge >= 0.3 is 0 Å². The van der Waals surface area contributed by atoms with Crippen LogP contribution < -0.4 is 10.6 Å². The Hall–Kier alpha value is -1.81. The highest BCUT2D eigenvalue weighted by Gasteiger charge is 2.10. The number of nitrogens with zero attached hydrogens (tertiary/aromatic N) is 3. The van der Waals surface area contributed by atoms with E-state index >= 15 is 0 Å². The van der Waals surface area contributed by atoms with Crippen molar-refractivity contribution in [3.8, 4) is 0 Å². The normalized spacial score (nSPS) is 10.3. The Bertz CT molecular complexity index is 516. The highest BCUT2D eigenvalue weighted by Crippen LogP contribution is 2.24. The van der Waals surface area contributed by atoms with Gasteiger partial charge in [-0.2, -0.15) is 0 Å². The van der Waals surface area contributed by atoms with Gasteiger partial charge in [0, 0.05) is 31.7 Å². The molecular weight excluding hydrogens is 248 g/mol. The van der Waals surface area contributed by atoms with Crippen molar-refractivity contribution in [2.75, 3.05) is 17.2 Å². The van der Waals surface area contributed by atoms with Gasteiger partial charge in [-0.1, -0.05) is 11.6 Å². The van der Waals surface area contributed by atoms with Crippen LogP contribution >= 0.6 is 11.6 Å². The van der Waals surface area contributed by atoms with Gasteiger partial charge in [0.1, 0.15) is 0 Å². The van der Waals surface area contributed by atoms with E-state index in [1.165, 1.54) is 5.56 Å². The van der Waals surface area contributed by atoms with Crippen LogP contribution in [0.25, 0.3) is 0 Å². The molecule has 4 nitrogen and oxygen atoms in total. The molecule has 2 heterocycles. The first-order chi connectivity index (χ1) is 8.70. The predicted octanol–water partition coefficient (Wildman–Crippen LogP) is 2.74. The van der Waals surface area contributed by atoms with Crippen molar-refractivity contribution in [3.05, 3.63) is 47.4 Å². The summed E-state index contributed by atoms with van der Waals surface area (Å²) in [5, 5.41) is 0.552. The molecule has 0 spiro atoms. The second-order valence-corrected chi connectivity index (χ2v) is 4.37. The van der Waals surface area contributed by atoms with E-state index < -0.39 is 0 Å². The first-order valence-electron chi connectivity index (χ1n) is 5.75. The first-order valence-corrected chi connectivity index (χ1v) is 6.13. The molecule has 0 aliphatic carbocycles. The van der Waals surface area contributed by atoms with Gasteiger partial charge in [0.05, 0.1) is 10.7 Å². The number of rotatable bonds is 4. The molecule has 0 fully saturated rings. The molecule has 0 atom stereocenters. The molecule has 5 heteroatoms. The number of aromatic nitrogens is 2. The molecule has 0 aliphatic rings. The summed E-state index contributed by atoms with van der Waals surface area (Å²) in [6.45, 7) is 3.63. The van der Waals surface area contributed by atoms with Gasteiger partial charge in [-0.3, -0.25) is 4.98 Å². The van der Waals surface area contributed by atoms with Crippen molar-refractivity contribution in [2.45, 2.75) is 13.5 Å². The second kappa shape index (κ2) is 5.69. The van der Waals surface area contributed by atoms with Gasteiger partial charge in [0.25, 0.3) is 0 Å². The summed E-state index contributed by atoms with van der Waals surface area (Å²) in [6.07, 6.45) is 5.17. The molecule has 2 aromatic rings. The maximum absolute atomic E-state index is 5.95. The van der Waals surface area contributed by atoms with Crippen LogP contribution in [0, 0.1) is 0 Å². The zero-order valence-corrected chi connectivity index (χ0v) is 10.9. The fourth-order valence-electron chi connectivity index (χ4n) is 1.76. The maximum atomic E-state index is 5.95. The Morgan fingerprint density at radius 3 is 2.67 bits per heavy atom. The van der Waals surface area contributed by atoms with Crippen LogP contribution in [0.1, 0.15) is 12.5 Å². The minimum absolute atomic E-state index is 0.552. The molecular formula is C13H15ClN4. The summed E-state index contributed by atoms with van der Waals surface area (Å²) in [6, 6.07) is 5.68. The molecule has 2 N–H and O–H groups in total.